The lowest BCUT2D eigenvalue weighted by atomic mass is 9.66. The fourth-order valence-electron chi connectivity index (χ4n) is 3.15. The van der Waals surface area contributed by atoms with Gasteiger partial charge in [-0.3, -0.25) is 0 Å². The number of likely N-dealkylation sites (tertiary alicyclic amines) is 1. The van der Waals surface area contributed by atoms with Crippen molar-refractivity contribution in [1.82, 2.24) is 0 Å². The van der Waals surface area contributed by atoms with Crippen LogP contribution < -0.4 is 0 Å². The highest BCUT2D eigenvalue weighted by Crippen LogP contribution is 2.47. The Balaban J connectivity index is 2.95. The summed E-state index contributed by atoms with van der Waals surface area (Å²) >= 11 is 0. The normalized spacial score (nSPS) is 32.0. The maximum Gasteiger partial charge on any atom is 0.0821 e. The number of nitrogens with zero attached hydrogens (tertiary/aromatic N) is 1. The molecule has 1 nitrogen and oxygen atoms in total. The van der Waals surface area contributed by atoms with Crippen molar-refractivity contribution < 1.29 is 4.48 Å². The first-order valence-electron chi connectivity index (χ1n) is 6.25. The van der Waals surface area contributed by atoms with Crippen LogP contribution in [0.15, 0.2) is 0 Å². The topological polar surface area (TPSA) is 0 Å². The first-order valence-corrected chi connectivity index (χ1v) is 6.25. The average molecular weight is 212 g/mol. The summed E-state index contributed by atoms with van der Waals surface area (Å²) in [5.74, 6) is 1.71. The SMILES string of the molecule is CC(C)(C)C1C[N+](C)(C)CC1C(C)(C)C. The lowest BCUT2D eigenvalue weighted by molar-refractivity contribution is -0.881. The molecule has 1 aliphatic rings. The summed E-state index contributed by atoms with van der Waals surface area (Å²) in [7, 11) is 4.76. The van der Waals surface area contributed by atoms with E-state index >= 15 is 0 Å². The Morgan fingerprint density at radius 1 is 0.733 bits per heavy atom. The van der Waals surface area contributed by atoms with Gasteiger partial charge >= 0.3 is 0 Å². The molecule has 1 aliphatic heterocycles. The van der Waals surface area contributed by atoms with E-state index in [-0.39, 0.29) is 0 Å². The Bertz CT molecular complexity index is 203. The van der Waals surface area contributed by atoms with Crippen LogP contribution in [0, 0.1) is 22.7 Å². The first kappa shape index (κ1) is 13.0. The molecule has 0 aromatic carbocycles. The van der Waals surface area contributed by atoms with E-state index in [4.69, 9.17) is 0 Å². The van der Waals surface area contributed by atoms with Crippen molar-refractivity contribution in [3.05, 3.63) is 0 Å². The summed E-state index contributed by atoms with van der Waals surface area (Å²) in [5, 5.41) is 0. The van der Waals surface area contributed by atoms with Gasteiger partial charge in [-0.05, 0) is 10.8 Å². The lowest BCUT2D eigenvalue weighted by Gasteiger charge is -2.36. The minimum atomic E-state index is 0.448. The molecule has 0 aliphatic carbocycles. The lowest BCUT2D eigenvalue weighted by Crippen LogP contribution is -2.38. The van der Waals surface area contributed by atoms with Crippen LogP contribution in [0.1, 0.15) is 41.5 Å². The summed E-state index contributed by atoms with van der Waals surface area (Å²) in [5.41, 5.74) is 0.897. The zero-order valence-electron chi connectivity index (χ0n) is 12.0. The second-order valence-electron chi connectivity index (χ2n) is 8.25. The molecule has 0 N–H and O–H groups in total. The van der Waals surface area contributed by atoms with Crippen molar-refractivity contribution in [3.8, 4) is 0 Å². The molecule has 1 rings (SSSR count). The van der Waals surface area contributed by atoms with Gasteiger partial charge < -0.3 is 4.48 Å². The Morgan fingerprint density at radius 3 is 1.20 bits per heavy atom. The number of quaternary nitrogens is 1. The molecule has 2 atom stereocenters. The van der Waals surface area contributed by atoms with E-state index in [1.54, 1.807) is 0 Å². The summed E-state index contributed by atoms with van der Waals surface area (Å²) in [6.45, 7) is 17.1. The van der Waals surface area contributed by atoms with Gasteiger partial charge in [-0.2, -0.15) is 0 Å². The number of hydrogen-bond acceptors (Lipinski definition) is 0. The zero-order chi connectivity index (χ0) is 12.1. The van der Waals surface area contributed by atoms with Gasteiger partial charge in [-0.1, -0.05) is 41.5 Å². The van der Waals surface area contributed by atoms with E-state index in [0.717, 1.165) is 11.8 Å². The van der Waals surface area contributed by atoms with Gasteiger partial charge in [0.25, 0.3) is 0 Å². The molecule has 0 aromatic heterocycles. The molecule has 90 valence electrons. The van der Waals surface area contributed by atoms with E-state index < -0.39 is 0 Å². The fraction of sp³-hybridized carbons (Fsp3) is 1.00. The highest BCUT2D eigenvalue weighted by atomic mass is 15.3. The smallest absolute Gasteiger partial charge is 0.0821 e. The fourth-order valence-corrected chi connectivity index (χ4v) is 3.15. The quantitative estimate of drug-likeness (QED) is 0.540. The van der Waals surface area contributed by atoms with Crippen molar-refractivity contribution in [2.45, 2.75) is 41.5 Å². The standard InChI is InChI=1S/C14H30N/c1-13(2,3)11-9-15(7,8)10-12(11)14(4,5)6/h11-12H,9-10H2,1-8H3/q+1. The van der Waals surface area contributed by atoms with Crippen LogP contribution in [0.25, 0.3) is 0 Å². The summed E-state index contributed by atoms with van der Waals surface area (Å²) in [4.78, 5) is 0. The monoisotopic (exact) mass is 212 g/mol. The van der Waals surface area contributed by atoms with Crippen LogP contribution in [-0.4, -0.2) is 31.7 Å². The second kappa shape index (κ2) is 3.48. The molecule has 15 heavy (non-hydrogen) atoms. The molecule has 1 heterocycles. The molecule has 0 radical (unpaired) electrons. The van der Waals surface area contributed by atoms with E-state index in [1.165, 1.54) is 17.6 Å². The van der Waals surface area contributed by atoms with E-state index in [1.807, 2.05) is 0 Å². The second-order valence-corrected chi connectivity index (χ2v) is 8.25. The predicted octanol–water partition coefficient (Wildman–Crippen LogP) is 3.40. The summed E-state index contributed by atoms with van der Waals surface area (Å²) in [6, 6.07) is 0. The Hall–Kier alpha value is -0.0400. The minimum Gasteiger partial charge on any atom is -0.328 e. The first-order chi connectivity index (χ1) is 6.43. The highest BCUT2D eigenvalue weighted by molar-refractivity contribution is 4.90. The molecule has 0 spiro atoms. The maximum absolute atomic E-state index is 2.40. The largest absolute Gasteiger partial charge is 0.328 e. The Kier molecular flexibility index (Phi) is 3.02. The van der Waals surface area contributed by atoms with Crippen LogP contribution in [0.3, 0.4) is 0 Å². The van der Waals surface area contributed by atoms with Crippen LogP contribution >= 0.6 is 0 Å². The van der Waals surface area contributed by atoms with Crippen molar-refractivity contribution in [2.75, 3.05) is 27.2 Å². The van der Waals surface area contributed by atoms with Gasteiger partial charge in [-0.15, -0.1) is 0 Å². The third-order valence-electron chi connectivity index (χ3n) is 4.09. The third kappa shape index (κ3) is 2.96. The van der Waals surface area contributed by atoms with Crippen LogP contribution in [0.5, 0.6) is 0 Å². The molecule has 0 bridgehead atoms. The number of rotatable bonds is 0. The van der Waals surface area contributed by atoms with Crippen molar-refractivity contribution >= 4 is 0 Å². The van der Waals surface area contributed by atoms with Crippen molar-refractivity contribution in [1.29, 1.82) is 0 Å². The molecule has 1 saturated heterocycles. The molecule has 0 amide bonds. The van der Waals surface area contributed by atoms with Gasteiger partial charge in [-0.25, -0.2) is 0 Å². The Labute approximate surface area is 96.4 Å². The van der Waals surface area contributed by atoms with Gasteiger partial charge in [0.1, 0.15) is 0 Å². The maximum atomic E-state index is 2.40. The molecular weight excluding hydrogens is 182 g/mol. The van der Waals surface area contributed by atoms with Crippen LogP contribution in [0.2, 0.25) is 0 Å². The molecule has 1 heteroatoms. The van der Waals surface area contributed by atoms with Crippen molar-refractivity contribution in [3.63, 3.8) is 0 Å². The van der Waals surface area contributed by atoms with E-state index in [0.29, 0.717) is 10.8 Å². The minimum absolute atomic E-state index is 0.448. The van der Waals surface area contributed by atoms with Crippen LogP contribution in [0.4, 0.5) is 0 Å². The highest BCUT2D eigenvalue weighted by Gasteiger charge is 2.49. The average Bonchev–Trinajstić information content (AvgIpc) is 2.23. The Morgan fingerprint density at radius 2 is 1.00 bits per heavy atom. The zero-order valence-corrected chi connectivity index (χ0v) is 12.0. The molecular formula is C14H30N+. The van der Waals surface area contributed by atoms with Gasteiger partial charge in [0, 0.05) is 11.8 Å². The van der Waals surface area contributed by atoms with Gasteiger partial charge in [0.15, 0.2) is 0 Å². The number of hydrogen-bond donors (Lipinski definition) is 0. The predicted molar refractivity (Wildman–Crippen MR) is 67.7 cm³/mol. The third-order valence-corrected chi connectivity index (χ3v) is 4.09. The summed E-state index contributed by atoms with van der Waals surface area (Å²) in [6.07, 6.45) is 0. The van der Waals surface area contributed by atoms with E-state index in [2.05, 4.69) is 55.6 Å². The molecule has 0 aromatic rings. The van der Waals surface area contributed by atoms with Gasteiger partial charge in [0.05, 0.1) is 27.2 Å². The molecule has 1 fully saturated rings. The summed E-state index contributed by atoms with van der Waals surface area (Å²) < 4.78 is 1.20. The van der Waals surface area contributed by atoms with E-state index in [9.17, 15) is 0 Å². The molecule has 2 unspecified atom stereocenters. The van der Waals surface area contributed by atoms with Crippen molar-refractivity contribution in [2.24, 2.45) is 22.7 Å². The van der Waals surface area contributed by atoms with Crippen LogP contribution in [-0.2, 0) is 0 Å². The molecule has 0 saturated carbocycles. The van der Waals surface area contributed by atoms with Gasteiger partial charge in [0.2, 0.25) is 0 Å².